The highest BCUT2D eigenvalue weighted by atomic mass is 32.2. The van der Waals surface area contributed by atoms with Crippen LogP contribution in [0, 0.1) is 0 Å². The number of rotatable bonds is 9. The second-order valence-corrected chi connectivity index (χ2v) is 10.3. The van der Waals surface area contributed by atoms with Crippen LogP contribution in [0.3, 0.4) is 0 Å². The molecular formula is C28H32N4O5S. The molecule has 0 fully saturated rings. The lowest BCUT2D eigenvalue weighted by Crippen LogP contribution is -2.36. The van der Waals surface area contributed by atoms with Gasteiger partial charge in [-0.25, -0.2) is 4.68 Å². The third-order valence-corrected chi connectivity index (χ3v) is 6.46. The number of methoxy groups -OCH3 is 2. The lowest BCUT2D eigenvalue weighted by molar-refractivity contribution is -0.870. The average molecular weight is 537 g/mol. The monoisotopic (exact) mass is 536 g/mol. The van der Waals surface area contributed by atoms with Crippen molar-refractivity contribution in [2.75, 3.05) is 48.5 Å². The number of ether oxygens (including phenoxy) is 2. The van der Waals surface area contributed by atoms with Crippen molar-refractivity contribution >= 4 is 17.7 Å². The van der Waals surface area contributed by atoms with Gasteiger partial charge in [-0.1, -0.05) is 53.4 Å². The Hall–Kier alpha value is -3.86. The minimum atomic E-state index is -1.19. The van der Waals surface area contributed by atoms with E-state index in [2.05, 4.69) is 31.5 Å². The first-order valence-electron chi connectivity index (χ1n) is 11.8. The number of carbonyl (C=O) groups excluding carboxylic acids is 1. The van der Waals surface area contributed by atoms with Crippen molar-refractivity contribution in [2.24, 2.45) is 0 Å². The highest BCUT2D eigenvalue weighted by Crippen LogP contribution is 2.37. The van der Waals surface area contributed by atoms with Crippen molar-refractivity contribution < 1.29 is 29.0 Å². The fourth-order valence-electron chi connectivity index (χ4n) is 3.41. The first kappa shape index (κ1) is 28.7. The third kappa shape index (κ3) is 7.58. The summed E-state index contributed by atoms with van der Waals surface area (Å²) in [5.41, 5.74) is 2.46. The fourth-order valence-corrected chi connectivity index (χ4v) is 4.36. The number of hydrogen-bond donors (Lipinski definition) is 1. The Labute approximate surface area is 226 Å². The van der Waals surface area contributed by atoms with Crippen LogP contribution in [0.25, 0.3) is 16.9 Å². The van der Waals surface area contributed by atoms with Gasteiger partial charge in [-0.05, 0) is 35.9 Å². The molecule has 0 aliphatic carbocycles. The quantitative estimate of drug-likeness (QED) is 0.325. The number of hydrogen-bond acceptors (Lipinski definition) is 8. The number of aliphatic hydroxyl groups excluding tert-OH is 1. The van der Waals surface area contributed by atoms with E-state index in [-0.39, 0.29) is 12.2 Å². The van der Waals surface area contributed by atoms with Crippen LogP contribution in [-0.2, 0) is 0 Å². The first-order chi connectivity index (χ1) is 18.2. The summed E-state index contributed by atoms with van der Waals surface area (Å²) in [5.74, 6) is -0.0216. The van der Waals surface area contributed by atoms with Crippen molar-refractivity contribution in [3.05, 3.63) is 78.5 Å². The van der Waals surface area contributed by atoms with Crippen LogP contribution in [0.2, 0.25) is 0 Å². The molecule has 3 aromatic carbocycles. The summed E-state index contributed by atoms with van der Waals surface area (Å²) < 4.78 is 13.4. The van der Waals surface area contributed by atoms with E-state index in [1.54, 1.807) is 31.0 Å². The summed E-state index contributed by atoms with van der Waals surface area (Å²) >= 11 is 1.51. The van der Waals surface area contributed by atoms with E-state index in [0.717, 1.165) is 26.4 Å². The number of benzene rings is 3. The molecule has 0 radical (unpaired) electrons. The highest BCUT2D eigenvalue weighted by Gasteiger charge is 2.15. The Bertz CT molecular complexity index is 1350. The molecule has 1 aromatic heterocycles. The van der Waals surface area contributed by atoms with E-state index >= 15 is 0 Å². The van der Waals surface area contributed by atoms with Crippen molar-refractivity contribution in [1.29, 1.82) is 0 Å². The topological polar surface area (TPSA) is 110 Å². The second-order valence-electron chi connectivity index (χ2n) is 9.21. The number of aromatic carboxylic acids is 1. The molecule has 10 heteroatoms. The Morgan fingerprint density at radius 2 is 1.71 bits per heavy atom. The van der Waals surface area contributed by atoms with Gasteiger partial charge in [0.15, 0.2) is 11.5 Å². The number of quaternary nitrogens is 1. The molecule has 9 nitrogen and oxygen atoms in total. The van der Waals surface area contributed by atoms with Gasteiger partial charge >= 0.3 is 0 Å². The summed E-state index contributed by atoms with van der Waals surface area (Å²) in [4.78, 5) is 12.8. The predicted octanol–water partition coefficient (Wildman–Crippen LogP) is 3.15. The van der Waals surface area contributed by atoms with Crippen LogP contribution < -0.4 is 14.6 Å². The second kappa shape index (κ2) is 13.1. The van der Waals surface area contributed by atoms with Crippen LogP contribution in [0.4, 0.5) is 0 Å². The summed E-state index contributed by atoms with van der Waals surface area (Å²) in [7, 11) is 9.32. The molecule has 1 heterocycles. The maximum atomic E-state index is 11.0. The minimum absolute atomic E-state index is 0.146. The minimum Gasteiger partial charge on any atom is -0.545 e. The molecular weight excluding hydrogens is 504 g/mol. The van der Waals surface area contributed by atoms with Crippen LogP contribution in [0.15, 0.2) is 82.7 Å². The van der Waals surface area contributed by atoms with E-state index in [4.69, 9.17) is 14.6 Å². The number of aromatic nitrogens is 3. The van der Waals surface area contributed by atoms with Gasteiger partial charge in [0.2, 0.25) is 0 Å². The van der Waals surface area contributed by atoms with E-state index in [1.165, 1.54) is 23.9 Å². The lowest BCUT2D eigenvalue weighted by Gasteiger charge is -2.21. The highest BCUT2D eigenvalue weighted by molar-refractivity contribution is 7.99. The third-order valence-electron chi connectivity index (χ3n) is 5.37. The van der Waals surface area contributed by atoms with Crippen molar-refractivity contribution in [2.45, 2.75) is 9.79 Å². The number of likely N-dealkylation sites (N-methyl/N-ethyl adjacent to an activating group) is 1. The van der Waals surface area contributed by atoms with Crippen molar-refractivity contribution in [1.82, 2.24) is 15.0 Å². The van der Waals surface area contributed by atoms with Gasteiger partial charge in [-0.2, -0.15) is 0 Å². The maximum absolute atomic E-state index is 11.0. The van der Waals surface area contributed by atoms with E-state index in [0.29, 0.717) is 22.9 Å². The van der Waals surface area contributed by atoms with Gasteiger partial charge < -0.3 is 29.0 Å². The number of carbonyl (C=O) groups is 1. The SMILES string of the molecule is COc1cccc(-n2cc(-c3ccccc3Sc3ccc(C(=O)[O-])cc3)nn2)c1OC.C[N+](C)(C)CCO. The van der Waals surface area contributed by atoms with E-state index in [1.807, 2.05) is 48.7 Å². The summed E-state index contributed by atoms with van der Waals surface area (Å²) in [6, 6.07) is 20.0. The predicted molar refractivity (Wildman–Crippen MR) is 145 cm³/mol. The number of aliphatic hydroxyl groups is 1. The van der Waals surface area contributed by atoms with Crippen LogP contribution in [0.5, 0.6) is 11.5 Å². The molecule has 1 N–H and O–H groups in total. The van der Waals surface area contributed by atoms with Crippen LogP contribution in [-0.4, -0.2) is 79.1 Å². The molecule has 0 spiro atoms. The molecule has 4 rings (SSSR count). The maximum Gasteiger partial charge on any atom is 0.186 e. The summed E-state index contributed by atoms with van der Waals surface area (Å²) in [6.07, 6.45) is 1.83. The van der Waals surface area contributed by atoms with Gasteiger partial charge in [0.1, 0.15) is 17.9 Å². The van der Waals surface area contributed by atoms with Gasteiger partial charge in [-0.3, -0.25) is 0 Å². The molecule has 0 atom stereocenters. The normalized spacial score (nSPS) is 10.9. The molecule has 0 saturated carbocycles. The smallest absolute Gasteiger partial charge is 0.186 e. The average Bonchev–Trinajstić information content (AvgIpc) is 3.38. The Balaban J connectivity index is 0.000000505. The Kier molecular flexibility index (Phi) is 9.89. The lowest BCUT2D eigenvalue weighted by atomic mass is 10.2. The molecule has 4 aromatic rings. The van der Waals surface area contributed by atoms with Gasteiger partial charge in [0.05, 0.1) is 54.1 Å². The summed E-state index contributed by atoms with van der Waals surface area (Å²) in [6.45, 7) is 1.11. The van der Waals surface area contributed by atoms with Crippen LogP contribution >= 0.6 is 11.8 Å². The zero-order chi connectivity index (χ0) is 27.7. The molecule has 0 aliphatic rings. The zero-order valence-electron chi connectivity index (χ0n) is 22.1. The van der Waals surface area contributed by atoms with E-state index in [9.17, 15) is 9.90 Å². The largest absolute Gasteiger partial charge is 0.545 e. The fraction of sp³-hybridized carbons (Fsp3) is 0.250. The molecule has 0 aliphatic heterocycles. The molecule has 0 unspecified atom stereocenters. The zero-order valence-corrected chi connectivity index (χ0v) is 22.9. The molecule has 38 heavy (non-hydrogen) atoms. The summed E-state index contributed by atoms with van der Waals surface area (Å²) in [5, 5.41) is 28.0. The van der Waals surface area contributed by atoms with Crippen molar-refractivity contribution in [3.8, 4) is 28.4 Å². The molecule has 0 bridgehead atoms. The first-order valence-corrected chi connectivity index (χ1v) is 12.6. The van der Waals surface area contributed by atoms with E-state index < -0.39 is 5.97 Å². The van der Waals surface area contributed by atoms with Gasteiger partial charge in [-0.15, -0.1) is 5.10 Å². The Morgan fingerprint density at radius 3 is 2.29 bits per heavy atom. The van der Waals surface area contributed by atoms with Gasteiger partial charge in [0, 0.05) is 15.4 Å². The molecule has 200 valence electrons. The number of para-hydroxylation sites is 1. The number of carboxylic acids is 1. The van der Waals surface area contributed by atoms with Crippen molar-refractivity contribution in [3.63, 3.8) is 0 Å². The number of carboxylic acid groups (broad SMARTS) is 1. The molecule has 0 saturated heterocycles. The van der Waals surface area contributed by atoms with Crippen LogP contribution in [0.1, 0.15) is 10.4 Å². The standard InChI is InChI=1S/C23H19N3O4S.C5H14NO/c1-29-20-8-5-7-19(22(20)30-2)26-14-18(24-25-26)17-6-3-4-9-21(17)31-16-12-10-15(11-13-16)23(27)28;1-6(2,3)4-5-7/h3-14H,1-2H3,(H,27,28);7H,4-5H2,1-3H3/q;+1/p-1. The molecule has 0 amide bonds. The number of nitrogens with zero attached hydrogens (tertiary/aromatic N) is 4. The van der Waals surface area contributed by atoms with Gasteiger partial charge in [0.25, 0.3) is 0 Å². The Morgan fingerprint density at radius 1 is 1.00 bits per heavy atom.